The molecule has 0 aliphatic heterocycles. The third kappa shape index (κ3) is 4.63. The first-order valence-corrected chi connectivity index (χ1v) is 6.09. The predicted octanol–water partition coefficient (Wildman–Crippen LogP) is 1.70. The molecular formula is C12H14F2N2O5. The summed E-state index contributed by atoms with van der Waals surface area (Å²) in [6.07, 6.45) is 0.685. The highest BCUT2D eigenvalue weighted by Gasteiger charge is 2.22. The van der Waals surface area contributed by atoms with E-state index in [4.69, 9.17) is 9.84 Å². The Labute approximate surface area is 118 Å². The van der Waals surface area contributed by atoms with Crippen LogP contribution in [0.25, 0.3) is 0 Å². The molecule has 0 heterocycles. The van der Waals surface area contributed by atoms with Gasteiger partial charge in [-0.3, -0.25) is 14.9 Å². The van der Waals surface area contributed by atoms with Gasteiger partial charge in [-0.1, -0.05) is 6.92 Å². The van der Waals surface area contributed by atoms with Gasteiger partial charge >= 0.3 is 11.7 Å². The Bertz CT molecular complexity index is 539. The van der Waals surface area contributed by atoms with Crippen LogP contribution in [0.4, 0.5) is 14.5 Å². The number of aliphatic carboxylic acids is 1. The van der Waals surface area contributed by atoms with Crippen molar-refractivity contribution in [1.29, 1.82) is 0 Å². The van der Waals surface area contributed by atoms with E-state index in [1.54, 1.807) is 0 Å². The number of hydrogen-bond acceptors (Lipinski definition) is 5. The summed E-state index contributed by atoms with van der Waals surface area (Å²) in [5.41, 5.74) is -1.02. The Morgan fingerprint density at radius 1 is 1.48 bits per heavy atom. The van der Waals surface area contributed by atoms with Crippen molar-refractivity contribution in [2.45, 2.75) is 19.4 Å². The average Bonchev–Trinajstić information content (AvgIpc) is 2.41. The molecule has 0 radical (unpaired) electrons. The molecule has 1 unspecified atom stereocenters. The second kappa shape index (κ2) is 7.48. The minimum Gasteiger partial charge on any atom is -0.488 e. The number of hydrogen-bond donors (Lipinski definition) is 2. The van der Waals surface area contributed by atoms with E-state index < -0.39 is 46.6 Å². The van der Waals surface area contributed by atoms with Crippen LogP contribution in [-0.2, 0) is 4.79 Å². The summed E-state index contributed by atoms with van der Waals surface area (Å²) < 4.78 is 31.8. The highest BCUT2D eigenvalue weighted by Crippen LogP contribution is 2.26. The van der Waals surface area contributed by atoms with Crippen LogP contribution in [0.1, 0.15) is 13.3 Å². The number of ether oxygens (including phenoxy) is 1. The van der Waals surface area contributed by atoms with E-state index in [0.29, 0.717) is 25.1 Å². The number of halogens is 2. The molecule has 2 N–H and O–H groups in total. The molecule has 0 saturated heterocycles. The van der Waals surface area contributed by atoms with Crippen molar-refractivity contribution >= 4 is 11.7 Å². The maximum atomic E-state index is 13.5. The Balaban J connectivity index is 2.81. The number of nitro benzene ring substituents is 1. The number of rotatable bonds is 8. The van der Waals surface area contributed by atoms with Crippen molar-refractivity contribution in [1.82, 2.24) is 5.32 Å². The number of carboxylic acids is 1. The third-order valence-corrected chi connectivity index (χ3v) is 2.54. The Morgan fingerprint density at radius 2 is 2.14 bits per heavy atom. The summed E-state index contributed by atoms with van der Waals surface area (Å²) >= 11 is 0. The van der Waals surface area contributed by atoms with Crippen LogP contribution >= 0.6 is 0 Å². The van der Waals surface area contributed by atoms with Crippen LogP contribution in [0, 0.1) is 21.7 Å². The zero-order valence-electron chi connectivity index (χ0n) is 11.1. The van der Waals surface area contributed by atoms with Gasteiger partial charge in [0, 0.05) is 6.07 Å². The van der Waals surface area contributed by atoms with Crippen LogP contribution in [0.5, 0.6) is 5.75 Å². The van der Waals surface area contributed by atoms with Gasteiger partial charge in [0.05, 0.1) is 11.0 Å². The summed E-state index contributed by atoms with van der Waals surface area (Å²) in [5.74, 6) is -4.18. The first-order valence-electron chi connectivity index (χ1n) is 6.09. The molecule has 1 rings (SSSR count). The summed E-state index contributed by atoms with van der Waals surface area (Å²) in [4.78, 5) is 20.3. The van der Waals surface area contributed by atoms with Crippen molar-refractivity contribution in [3.05, 3.63) is 33.9 Å². The zero-order chi connectivity index (χ0) is 16.0. The molecule has 0 bridgehead atoms. The number of carboxylic acid groups (broad SMARTS) is 1. The number of nitro groups is 1. The molecule has 0 aliphatic rings. The van der Waals surface area contributed by atoms with Crippen molar-refractivity contribution in [3.63, 3.8) is 0 Å². The quantitative estimate of drug-likeness (QED) is 0.560. The second-order valence-corrected chi connectivity index (χ2v) is 4.15. The second-order valence-electron chi connectivity index (χ2n) is 4.15. The van der Waals surface area contributed by atoms with Crippen molar-refractivity contribution in [2.75, 3.05) is 13.2 Å². The first-order chi connectivity index (χ1) is 9.86. The predicted molar refractivity (Wildman–Crippen MR) is 68.2 cm³/mol. The molecule has 9 heteroatoms. The highest BCUT2D eigenvalue weighted by atomic mass is 19.1. The fraction of sp³-hybridized carbons (Fsp3) is 0.417. The molecule has 7 nitrogen and oxygen atoms in total. The molecule has 0 fully saturated rings. The average molecular weight is 304 g/mol. The van der Waals surface area contributed by atoms with Gasteiger partial charge in [0.25, 0.3) is 0 Å². The van der Waals surface area contributed by atoms with Gasteiger partial charge in [-0.25, -0.2) is 4.39 Å². The van der Waals surface area contributed by atoms with Gasteiger partial charge in [0.15, 0.2) is 11.6 Å². The molecule has 0 aromatic heterocycles. The van der Waals surface area contributed by atoms with Gasteiger partial charge in [0.2, 0.25) is 5.82 Å². The van der Waals surface area contributed by atoms with E-state index in [-0.39, 0.29) is 0 Å². The van der Waals surface area contributed by atoms with E-state index in [1.165, 1.54) is 0 Å². The molecule has 0 spiro atoms. The lowest BCUT2D eigenvalue weighted by Gasteiger charge is -2.15. The zero-order valence-corrected chi connectivity index (χ0v) is 11.1. The lowest BCUT2D eigenvalue weighted by atomic mass is 10.2. The summed E-state index contributed by atoms with van der Waals surface area (Å²) in [5, 5.41) is 22.0. The molecule has 116 valence electrons. The highest BCUT2D eigenvalue weighted by molar-refractivity contribution is 5.73. The minimum absolute atomic E-state index is 0.389. The molecule has 1 aromatic rings. The van der Waals surface area contributed by atoms with E-state index in [9.17, 15) is 23.7 Å². The van der Waals surface area contributed by atoms with Crippen LogP contribution in [-0.4, -0.2) is 35.2 Å². The number of benzene rings is 1. The molecule has 0 saturated carbocycles. The summed E-state index contributed by atoms with van der Waals surface area (Å²) in [6, 6.07) is -0.186. The van der Waals surface area contributed by atoms with Crippen LogP contribution in [0.15, 0.2) is 12.1 Å². The van der Waals surface area contributed by atoms with Gasteiger partial charge in [-0.05, 0) is 13.0 Å². The van der Waals surface area contributed by atoms with Gasteiger partial charge in [-0.2, -0.15) is 4.39 Å². The van der Waals surface area contributed by atoms with Crippen LogP contribution in [0.2, 0.25) is 0 Å². The smallest absolute Gasteiger partial charge is 0.324 e. The number of nitrogens with one attached hydrogen (secondary N) is 1. The van der Waals surface area contributed by atoms with Gasteiger partial charge in [0.1, 0.15) is 12.6 Å². The minimum atomic E-state index is -1.26. The maximum Gasteiger partial charge on any atom is 0.324 e. The molecule has 21 heavy (non-hydrogen) atoms. The maximum absolute atomic E-state index is 13.5. The van der Waals surface area contributed by atoms with Crippen LogP contribution < -0.4 is 10.1 Å². The molecular weight excluding hydrogens is 290 g/mol. The Hall–Kier alpha value is -2.29. The largest absolute Gasteiger partial charge is 0.488 e. The molecule has 0 amide bonds. The Kier molecular flexibility index (Phi) is 5.97. The van der Waals surface area contributed by atoms with Gasteiger partial charge in [-0.15, -0.1) is 0 Å². The lowest BCUT2D eigenvalue weighted by Crippen LogP contribution is -2.41. The normalized spacial score (nSPS) is 12.0. The SMILES string of the molecule is CCCNC(COc1cc(F)c([N+](=O)[O-])cc1F)C(=O)O. The van der Waals surface area contributed by atoms with E-state index in [2.05, 4.69) is 5.32 Å². The van der Waals surface area contributed by atoms with E-state index >= 15 is 0 Å². The van der Waals surface area contributed by atoms with Gasteiger partial charge < -0.3 is 15.2 Å². The molecule has 1 atom stereocenters. The topological polar surface area (TPSA) is 102 Å². The van der Waals surface area contributed by atoms with Crippen molar-refractivity contribution in [3.8, 4) is 5.75 Å². The number of nitrogens with zero attached hydrogens (tertiary/aromatic N) is 1. The van der Waals surface area contributed by atoms with Crippen molar-refractivity contribution < 1.29 is 28.3 Å². The molecule has 1 aromatic carbocycles. The standard InChI is InChI=1S/C12H14F2N2O5/c1-2-3-15-9(12(17)18)6-21-11-5-7(13)10(16(19)20)4-8(11)14/h4-5,9,15H,2-3,6H2,1H3,(H,17,18). The van der Waals surface area contributed by atoms with E-state index in [0.717, 1.165) is 0 Å². The monoisotopic (exact) mass is 304 g/mol. The van der Waals surface area contributed by atoms with Crippen LogP contribution in [0.3, 0.4) is 0 Å². The lowest BCUT2D eigenvalue weighted by molar-refractivity contribution is -0.387. The van der Waals surface area contributed by atoms with E-state index in [1.807, 2.05) is 6.92 Å². The summed E-state index contributed by atoms with van der Waals surface area (Å²) in [6.45, 7) is 1.80. The fourth-order valence-corrected chi connectivity index (χ4v) is 1.48. The van der Waals surface area contributed by atoms with Crippen molar-refractivity contribution in [2.24, 2.45) is 0 Å². The first kappa shape index (κ1) is 16.8. The molecule has 0 aliphatic carbocycles. The number of carbonyl (C=O) groups is 1. The fourth-order valence-electron chi connectivity index (χ4n) is 1.48. The summed E-state index contributed by atoms with van der Waals surface area (Å²) in [7, 11) is 0. The Morgan fingerprint density at radius 3 is 2.67 bits per heavy atom. The third-order valence-electron chi connectivity index (χ3n) is 2.54.